The van der Waals surface area contributed by atoms with Crippen LogP contribution in [0.3, 0.4) is 0 Å². The van der Waals surface area contributed by atoms with Gasteiger partial charge in [-0.3, -0.25) is 9.59 Å². The number of carbonyl (C=O) groups excluding carboxylic acids is 2. The number of aromatic nitrogens is 2. The second-order valence-corrected chi connectivity index (χ2v) is 5.04. The molecule has 1 aliphatic rings. The predicted molar refractivity (Wildman–Crippen MR) is 78.9 cm³/mol. The molecule has 2 rings (SSSR count). The van der Waals surface area contributed by atoms with E-state index in [0.717, 1.165) is 19.3 Å². The summed E-state index contributed by atoms with van der Waals surface area (Å²) in [5, 5.41) is 16.5. The van der Waals surface area contributed by atoms with E-state index in [0.29, 0.717) is 37.1 Å². The largest absolute Gasteiger partial charge is 0.369 e. The van der Waals surface area contributed by atoms with Crippen LogP contribution in [-0.2, 0) is 4.79 Å². The molecule has 21 heavy (non-hydrogen) atoms. The summed E-state index contributed by atoms with van der Waals surface area (Å²) in [6.07, 6.45) is 3.46. The van der Waals surface area contributed by atoms with Gasteiger partial charge < -0.3 is 16.0 Å². The highest BCUT2D eigenvalue weighted by Crippen LogP contribution is 2.18. The molecule has 1 aliphatic carbocycles. The first-order valence-electron chi connectivity index (χ1n) is 7.34. The molecular formula is C14H21N5O2. The van der Waals surface area contributed by atoms with Crippen LogP contribution in [0, 0.1) is 0 Å². The Morgan fingerprint density at radius 2 is 2.10 bits per heavy atom. The lowest BCUT2D eigenvalue weighted by atomic mass is 10.3. The Morgan fingerprint density at radius 1 is 1.29 bits per heavy atom. The summed E-state index contributed by atoms with van der Waals surface area (Å²) in [6.45, 7) is 3.05. The highest BCUT2D eigenvalue weighted by molar-refractivity contribution is 5.92. The lowest BCUT2D eigenvalue weighted by molar-refractivity contribution is -0.121. The second kappa shape index (κ2) is 7.56. The number of anilines is 1. The molecule has 1 aromatic heterocycles. The monoisotopic (exact) mass is 291 g/mol. The summed E-state index contributed by atoms with van der Waals surface area (Å²) in [6, 6.07) is 3.75. The Labute approximate surface area is 123 Å². The molecule has 1 fully saturated rings. The third-order valence-electron chi connectivity index (χ3n) is 3.06. The first-order valence-corrected chi connectivity index (χ1v) is 7.34. The van der Waals surface area contributed by atoms with Crippen molar-refractivity contribution in [2.24, 2.45) is 0 Å². The minimum Gasteiger partial charge on any atom is -0.369 e. The number of amides is 2. The molecule has 0 spiro atoms. The van der Waals surface area contributed by atoms with Crippen molar-refractivity contribution in [1.82, 2.24) is 20.8 Å². The highest BCUT2D eigenvalue weighted by Gasteiger charge is 2.22. The number of nitrogens with zero attached hydrogens (tertiary/aromatic N) is 2. The number of hydrogen-bond acceptors (Lipinski definition) is 5. The lowest BCUT2D eigenvalue weighted by Crippen LogP contribution is -2.25. The molecule has 114 valence electrons. The SMILES string of the molecule is CCNC(=O)c1ccc(NCCCC(=O)NC2CC2)nn1. The zero-order valence-electron chi connectivity index (χ0n) is 12.2. The van der Waals surface area contributed by atoms with E-state index in [4.69, 9.17) is 0 Å². The molecule has 0 saturated heterocycles. The third-order valence-corrected chi connectivity index (χ3v) is 3.06. The van der Waals surface area contributed by atoms with Gasteiger partial charge in [-0.15, -0.1) is 10.2 Å². The van der Waals surface area contributed by atoms with Crippen LogP contribution in [-0.4, -0.2) is 41.1 Å². The fraction of sp³-hybridized carbons (Fsp3) is 0.571. The third kappa shape index (κ3) is 5.37. The zero-order chi connectivity index (χ0) is 15.1. The van der Waals surface area contributed by atoms with Crippen LogP contribution in [0.15, 0.2) is 12.1 Å². The zero-order valence-corrected chi connectivity index (χ0v) is 12.2. The van der Waals surface area contributed by atoms with Crippen molar-refractivity contribution < 1.29 is 9.59 Å². The minimum atomic E-state index is -0.228. The molecule has 3 N–H and O–H groups in total. The van der Waals surface area contributed by atoms with E-state index >= 15 is 0 Å². The molecule has 0 unspecified atom stereocenters. The minimum absolute atomic E-state index is 0.108. The van der Waals surface area contributed by atoms with Crippen LogP contribution < -0.4 is 16.0 Å². The van der Waals surface area contributed by atoms with Crippen molar-refractivity contribution in [3.8, 4) is 0 Å². The first-order chi connectivity index (χ1) is 10.2. The Morgan fingerprint density at radius 3 is 2.71 bits per heavy atom. The molecule has 1 saturated carbocycles. The van der Waals surface area contributed by atoms with Crippen LogP contribution >= 0.6 is 0 Å². The summed E-state index contributed by atoms with van der Waals surface area (Å²) >= 11 is 0. The van der Waals surface area contributed by atoms with Gasteiger partial charge in [0.1, 0.15) is 5.82 Å². The van der Waals surface area contributed by atoms with E-state index in [9.17, 15) is 9.59 Å². The predicted octanol–water partition coefficient (Wildman–Crippen LogP) is 0.697. The smallest absolute Gasteiger partial charge is 0.271 e. The van der Waals surface area contributed by atoms with Crippen molar-refractivity contribution in [2.75, 3.05) is 18.4 Å². The van der Waals surface area contributed by atoms with Gasteiger partial charge in [0.15, 0.2) is 5.69 Å². The Kier molecular flexibility index (Phi) is 5.48. The van der Waals surface area contributed by atoms with Crippen molar-refractivity contribution >= 4 is 17.6 Å². The maximum atomic E-state index is 11.5. The summed E-state index contributed by atoms with van der Waals surface area (Å²) in [4.78, 5) is 23.0. The van der Waals surface area contributed by atoms with Gasteiger partial charge in [-0.05, 0) is 38.3 Å². The maximum absolute atomic E-state index is 11.5. The van der Waals surface area contributed by atoms with Gasteiger partial charge in [0, 0.05) is 25.6 Å². The summed E-state index contributed by atoms with van der Waals surface area (Å²) in [5.41, 5.74) is 0.297. The molecule has 0 radical (unpaired) electrons. The van der Waals surface area contributed by atoms with Crippen molar-refractivity contribution in [2.45, 2.75) is 38.6 Å². The normalized spacial score (nSPS) is 13.6. The molecule has 0 aliphatic heterocycles. The summed E-state index contributed by atoms with van der Waals surface area (Å²) in [5.74, 6) is 0.482. The topological polar surface area (TPSA) is 96.0 Å². The standard InChI is InChI=1S/C14H21N5O2/c1-2-15-14(21)11-7-8-12(19-18-11)16-9-3-4-13(20)17-10-5-6-10/h7-8,10H,2-6,9H2,1H3,(H,15,21)(H,16,19)(H,17,20). The van der Waals surface area contributed by atoms with Gasteiger partial charge in [-0.1, -0.05) is 0 Å². The molecule has 1 heterocycles. The fourth-order valence-electron chi connectivity index (χ4n) is 1.79. The molecule has 1 aromatic rings. The quantitative estimate of drug-likeness (QED) is 0.613. The molecular weight excluding hydrogens is 270 g/mol. The molecule has 7 heteroatoms. The van der Waals surface area contributed by atoms with Crippen LogP contribution in [0.25, 0.3) is 0 Å². The lowest BCUT2D eigenvalue weighted by Gasteiger charge is -2.06. The van der Waals surface area contributed by atoms with E-state index in [1.807, 2.05) is 6.92 Å². The number of carbonyl (C=O) groups is 2. The van der Waals surface area contributed by atoms with Crippen LogP contribution in [0.2, 0.25) is 0 Å². The van der Waals surface area contributed by atoms with E-state index in [1.54, 1.807) is 12.1 Å². The average Bonchev–Trinajstić information content (AvgIpc) is 3.28. The van der Waals surface area contributed by atoms with E-state index in [1.165, 1.54) is 0 Å². The highest BCUT2D eigenvalue weighted by atomic mass is 16.2. The van der Waals surface area contributed by atoms with Crippen LogP contribution in [0.1, 0.15) is 43.1 Å². The van der Waals surface area contributed by atoms with Crippen molar-refractivity contribution in [3.63, 3.8) is 0 Å². The Balaban J connectivity index is 1.65. The maximum Gasteiger partial charge on any atom is 0.271 e. The number of rotatable bonds is 8. The first kappa shape index (κ1) is 15.2. The number of nitrogens with one attached hydrogen (secondary N) is 3. The molecule has 0 bridgehead atoms. The van der Waals surface area contributed by atoms with Gasteiger partial charge in [-0.2, -0.15) is 0 Å². The fourth-order valence-corrected chi connectivity index (χ4v) is 1.79. The molecule has 7 nitrogen and oxygen atoms in total. The Bertz CT molecular complexity index is 485. The molecule has 0 aromatic carbocycles. The van der Waals surface area contributed by atoms with Gasteiger partial charge >= 0.3 is 0 Å². The summed E-state index contributed by atoms with van der Waals surface area (Å²) in [7, 11) is 0. The van der Waals surface area contributed by atoms with Crippen LogP contribution in [0.5, 0.6) is 0 Å². The van der Waals surface area contributed by atoms with Gasteiger partial charge in [0.05, 0.1) is 0 Å². The second-order valence-electron chi connectivity index (χ2n) is 5.04. The van der Waals surface area contributed by atoms with E-state index in [-0.39, 0.29) is 11.8 Å². The van der Waals surface area contributed by atoms with Crippen molar-refractivity contribution in [3.05, 3.63) is 17.8 Å². The van der Waals surface area contributed by atoms with Gasteiger partial charge in [0.25, 0.3) is 5.91 Å². The average molecular weight is 291 g/mol. The molecule has 2 amide bonds. The van der Waals surface area contributed by atoms with E-state index in [2.05, 4.69) is 26.1 Å². The molecule has 0 atom stereocenters. The van der Waals surface area contributed by atoms with E-state index < -0.39 is 0 Å². The van der Waals surface area contributed by atoms with Gasteiger partial charge in [-0.25, -0.2) is 0 Å². The van der Waals surface area contributed by atoms with Crippen molar-refractivity contribution in [1.29, 1.82) is 0 Å². The van der Waals surface area contributed by atoms with Crippen LogP contribution in [0.4, 0.5) is 5.82 Å². The Hall–Kier alpha value is -2.18. The summed E-state index contributed by atoms with van der Waals surface area (Å²) < 4.78 is 0. The number of hydrogen-bond donors (Lipinski definition) is 3. The van der Waals surface area contributed by atoms with Gasteiger partial charge in [0.2, 0.25) is 5.91 Å².